The number of hydrogen-bond acceptors (Lipinski definition) is 7. The topological polar surface area (TPSA) is 99.0 Å². The van der Waals surface area contributed by atoms with Crippen molar-refractivity contribution in [3.05, 3.63) is 35.7 Å². The van der Waals surface area contributed by atoms with Gasteiger partial charge in [-0.3, -0.25) is 4.79 Å². The predicted molar refractivity (Wildman–Crippen MR) is 97.7 cm³/mol. The zero-order valence-corrected chi connectivity index (χ0v) is 16.0. The van der Waals surface area contributed by atoms with Crippen LogP contribution in [0, 0.1) is 0 Å². The summed E-state index contributed by atoms with van der Waals surface area (Å²) in [5.74, 6) is 0.189. The monoisotopic (exact) mass is 377 g/mol. The van der Waals surface area contributed by atoms with Crippen LogP contribution >= 0.6 is 11.8 Å². The molecule has 0 bridgehead atoms. The van der Waals surface area contributed by atoms with Crippen molar-refractivity contribution in [2.24, 2.45) is 0 Å². The van der Waals surface area contributed by atoms with Gasteiger partial charge in [0.05, 0.1) is 11.3 Å². The number of nitrogens with one attached hydrogen (secondary N) is 1. The van der Waals surface area contributed by atoms with Crippen molar-refractivity contribution in [2.75, 3.05) is 5.75 Å². The van der Waals surface area contributed by atoms with Gasteiger partial charge in [-0.05, 0) is 42.8 Å². The van der Waals surface area contributed by atoms with Gasteiger partial charge >= 0.3 is 5.97 Å². The third kappa shape index (κ3) is 5.83. The number of rotatable bonds is 9. The maximum absolute atomic E-state index is 12.4. The second-order valence-corrected chi connectivity index (χ2v) is 6.92. The first-order valence-corrected chi connectivity index (χ1v) is 9.43. The van der Waals surface area contributed by atoms with Gasteiger partial charge in [0, 0.05) is 17.5 Å². The molecule has 9 heteroatoms. The fourth-order valence-corrected chi connectivity index (χ4v) is 3.04. The van der Waals surface area contributed by atoms with Gasteiger partial charge in [0.25, 0.3) is 0 Å². The van der Waals surface area contributed by atoms with Crippen LogP contribution in [0.25, 0.3) is 0 Å². The van der Waals surface area contributed by atoms with Gasteiger partial charge in [0.1, 0.15) is 0 Å². The highest BCUT2D eigenvalue weighted by atomic mass is 32.2. The number of nitrogens with zero attached hydrogens (tertiary/aromatic N) is 4. The van der Waals surface area contributed by atoms with Gasteiger partial charge in [0.15, 0.2) is 12.4 Å². The van der Waals surface area contributed by atoms with Crippen molar-refractivity contribution in [3.63, 3.8) is 0 Å². The van der Waals surface area contributed by atoms with Gasteiger partial charge in [0.2, 0.25) is 5.91 Å². The van der Waals surface area contributed by atoms with Crippen molar-refractivity contribution in [1.82, 2.24) is 25.5 Å². The molecular weight excluding hydrogens is 354 g/mol. The molecule has 0 unspecified atom stereocenters. The van der Waals surface area contributed by atoms with Crippen LogP contribution in [0.3, 0.4) is 0 Å². The number of hydrogen-bond donors (Lipinski definition) is 1. The largest absolute Gasteiger partial charge is 0.454 e. The molecule has 0 atom stereocenters. The van der Waals surface area contributed by atoms with E-state index in [0.717, 1.165) is 6.42 Å². The maximum Gasteiger partial charge on any atom is 0.339 e. The smallest absolute Gasteiger partial charge is 0.339 e. The zero-order valence-electron chi connectivity index (χ0n) is 15.1. The molecule has 8 nitrogen and oxygen atoms in total. The average Bonchev–Trinajstić information content (AvgIpc) is 3.05. The van der Waals surface area contributed by atoms with E-state index in [2.05, 4.69) is 20.8 Å². The van der Waals surface area contributed by atoms with Crippen LogP contribution in [0.2, 0.25) is 0 Å². The Balaban J connectivity index is 1.98. The summed E-state index contributed by atoms with van der Waals surface area (Å²) in [5, 5.41) is 14.2. The van der Waals surface area contributed by atoms with E-state index in [0.29, 0.717) is 22.8 Å². The van der Waals surface area contributed by atoms with E-state index in [4.69, 9.17) is 4.74 Å². The van der Waals surface area contributed by atoms with E-state index < -0.39 is 5.97 Å². The number of aromatic nitrogens is 4. The highest BCUT2D eigenvalue weighted by Crippen LogP contribution is 2.23. The molecule has 0 radical (unpaired) electrons. The van der Waals surface area contributed by atoms with Crippen LogP contribution in [-0.2, 0) is 22.7 Å². The number of amides is 1. The molecule has 26 heavy (non-hydrogen) atoms. The molecule has 0 spiro atoms. The molecule has 1 heterocycles. The molecule has 1 amide bonds. The van der Waals surface area contributed by atoms with Crippen LogP contribution in [0.15, 0.2) is 29.2 Å². The minimum absolute atomic E-state index is 0.00132. The molecule has 1 aromatic heterocycles. The Morgan fingerprint density at radius 2 is 2.08 bits per heavy atom. The first-order valence-electron chi connectivity index (χ1n) is 8.44. The van der Waals surface area contributed by atoms with Crippen molar-refractivity contribution in [1.29, 1.82) is 0 Å². The summed E-state index contributed by atoms with van der Waals surface area (Å²) in [4.78, 5) is 25.0. The Kier molecular flexibility index (Phi) is 7.58. The summed E-state index contributed by atoms with van der Waals surface area (Å²) in [5.41, 5.74) is 0.421. The van der Waals surface area contributed by atoms with Crippen molar-refractivity contribution in [3.8, 4) is 0 Å². The lowest BCUT2D eigenvalue weighted by atomic mass is 10.2. The highest BCUT2D eigenvalue weighted by molar-refractivity contribution is 8.00. The molecule has 2 aromatic rings. The normalized spacial score (nSPS) is 10.8. The molecule has 0 saturated heterocycles. The molecule has 2 rings (SSSR count). The number of thioether (sulfide) groups is 1. The summed E-state index contributed by atoms with van der Waals surface area (Å²) >= 11 is 1.30. The average molecular weight is 377 g/mol. The number of carbonyl (C=O) groups excluding carboxylic acids is 2. The molecule has 0 aliphatic rings. The minimum atomic E-state index is -0.469. The van der Waals surface area contributed by atoms with Crippen LogP contribution in [0.4, 0.5) is 0 Å². The minimum Gasteiger partial charge on any atom is -0.454 e. The number of aryl methyl sites for hydroxylation is 1. The van der Waals surface area contributed by atoms with E-state index in [1.54, 1.807) is 22.9 Å². The van der Waals surface area contributed by atoms with E-state index in [1.165, 1.54) is 11.8 Å². The fourth-order valence-electron chi connectivity index (χ4n) is 2.19. The van der Waals surface area contributed by atoms with Crippen LogP contribution in [-0.4, -0.2) is 43.9 Å². The first-order chi connectivity index (χ1) is 12.5. The Bertz CT molecular complexity index is 748. The Morgan fingerprint density at radius 3 is 2.81 bits per heavy atom. The quantitative estimate of drug-likeness (QED) is 0.527. The number of ether oxygens (including phenoxy) is 1. The van der Waals surface area contributed by atoms with E-state index in [9.17, 15) is 9.59 Å². The van der Waals surface area contributed by atoms with Gasteiger partial charge in [-0.25, -0.2) is 9.48 Å². The van der Waals surface area contributed by atoms with Crippen molar-refractivity contribution < 1.29 is 14.3 Å². The SMILES string of the molecule is CCCn1nnnc1COC(=O)c1ccccc1SCC(=O)NC(C)C. The standard InChI is InChI=1S/C17H23N5O3S/c1-4-9-22-15(19-20-21-22)10-25-17(24)13-7-5-6-8-14(13)26-11-16(23)18-12(2)3/h5-8,12H,4,9-11H2,1-3H3,(H,18,23). The number of tetrazole rings is 1. The summed E-state index contributed by atoms with van der Waals surface area (Å²) in [6.07, 6.45) is 0.879. The molecule has 0 aliphatic carbocycles. The van der Waals surface area contributed by atoms with Gasteiger partial charge in [-0.15, -0.1) is 16.9 Å². The molecule has 0 aliphatic heterocycles. The van der Waals surface area contributed by atoms with E-state index >= 15 is 0 Å². The lowest BCUT2D eigenvalue weighted by Crippen LogP contribution is -2.31. The third-order valence-corrected chi connectivity index (χ3v) is 4.36. The summed E-state index contributed by atoms with van der Waals surface area (Å²) in [6, 6.07) is 7.14. The fraction of sp³-hybridized carbons (Fsp3) is 0.471. The molecule has 0 saturated carbocycles. The second-order valence-electron chi connectivity index (χ2n) is 5.90. The molecule has 1 aromatic carbocycles. The predicted octanol–water partition coefficient (Wildman–Crippen LogP) is 2.06. The Morgan fingerprint density at radius 1 is 1.31 bits per heavy atom. The Hall–Kier alpha value is -2.42. The lowest BCUT2D eigenvalue weighted by molar-refractivity contribution is -0.119. The third-order valence-electron chi connectivity index (χ3n) is 3.29. The number of esters is 1. The number of benzene rings is 1. The molecule has 1 N–H and O–H groups in total. The lowest BCUT2D eigenvalue weighted by Gasteiger charge is -2.11. The summed E-state index contributed by atoms with van der Waals surface area (Å²) in [7, 11) is 0. The van der Waals surface area contributed by atoms with Crippen LogP contribution < -0.4 is 5.32 Å². The molecule has 0 fully saturated rings. The van der Waals surface area contributed by atoms with Crippen LogP contribution in [0.1, 0.15) is 43.4 Å². The molecular formula is C17H23N5O3S. The second kappa shape index (κ2) is 9.91. The van der Waals surface area contributed by atoms with Crippen molar-refractivity contribution >= 4 is 23.6 Å². The van der Waals surface area contributed by atoms with Gasteiger partial charge in [-0.1, -0.05) is 19.1 Å². The van der Waals surface area contributed by atoms with Crippen molar-refractivity contribution in [2.45, 2.75) is 51.3 Å². The Labute approximate surface area is 156 Å². The summed E-state index contributed by atoms with van der Waals surface area (Å²) < 4.78 is 6.97. The summed E-state index contributed by atoms with van der Waals surface area (Å²) in [6.45, 7) is 6.48. The zero-order chi connectivity index (χ0) is 18.9. The number of carbonyl (C=O) groups is 2. The van der Waals surface area contributed by atoms with Gasteiger partial charge < -0.3 is 10.1 Å². The van der Waals surface area contributed by atoms with E-state index in [-0.39, 0.29) is 24.3 Å². The first kappa shape index (κ1) is 19.9. The highest BCUT2D eigenvalue weighted by Gasteiger charge is 2.16. The van der Waals surface area contributed by atoms with E-state index in [1.807, 2.05) is 26.8 Å². The molecule has 140 valence electrons. The maximum atomic E-state index is 12.4. The van der Waals surface area contributed by atoms with Crippen LogP contribution in [0.5, 0.6) is 0 Å². The van der Waals surface area contributed by atoms with Gasteiger partial charge in [-0.2, -0.15) is 0 Å².